The largest absolute Gasteiger partial charge is 0.507 e. The molecule has 0 spiro atoms. The number of hydrogen-bond acceptors (Lipinski definition) is 7. The van der Waals surface area contributed by atoms with Crippen molar-refractivity contribution in [2.24, 2.45) is 0 Å². The number of Topliss-reactive ketones (excluding diaryl/α,β-unsaturated/α-hetero) is 1. The van der Waals surface area contributed by atoms with E-state index in [1.54, 1.807) is 54.7 Å². The van der Waals surface area contributed by atoms with Crippen molar-refractivity contribution in [3.63, 3.8) is 0 Å². The molecular weight excluding hydrogens is 422 g/mol. The third-order valence-electron chi connectivity index (χ3n) is 5.76. The number of morpholine rings is 1. The maximum Gasteiger partial charge on any atom is 0.295 e. The number of ketones is 1. The minimum Gasteiger partial charge on any atom is -0.507 e. The maximum absolute atomic E-state index is 13.1. The number of benzene rings is 1. The molecule has 0 bridgehead atoms. The van der Waals surface area contributed by atoms with Gasteiger partial charge in [0.15, 0.2) is 0 Å². The molecule has 3 heterocycles. The molecule has 172 valence electrons. The first-order chi connectivity index (χ1) is 16.1. The van der Waals surface area contributed by atoms with Crippen molar-refractivity contribution >= 4 is 17.4 Å². The van der Waals surface area contributed by atoms with Crippen LogP contribution in [-0.4, -0.2) is 77.6 Å². The molecule has 1 N–H and O–H groups in total. The van der Waals surface area contributed by atoms with Gasteiger partial charge in [0.05, 0.1) is 24.5 Å². The highest BCUT2D eigenvalue weighted by atomic mass is 16.5. The van der Waals surface area contributed by atoms with E-state index in [0.717, 1.165) is 13.1 Å². The first kappa shape index (κ1) is 22.7. The zero-order valence-corrected chi connectivity index (χ0v) is 18.4. The van der Waals surface area contributed by atoms with Gasteiger partial charge in [-0.05, 0) is 36.4 Å². The molecule has 8 nitrogen and oxygen atoms in total. The molecule has 0 radical (unpaired) electrons. The van der Waals surface area contributed by atoms with Crippen LogP contribution in [0, 0.1) is 0 Å². The number of hydrogen-bond donors (Lipinski definition) is 1. The number of aliphatic hydroxyl groups excluding tert-OH is 1. The summed E-state index contributed by atoms with van der Waals surface area (Å²) in [5.41, 5.74) is 1.000. The van der Waals surface area contributed by atoms with Gasteiger partial charge in [-0.25, -0.2) is 0 Å². The highest BCUT2D eigenvalue weighted by Gasteiger charge is 2.46. The molecule has 8 heteroatoms. The van der Waals surface area contributed by atoms with Crippen LogP contribution in [-0.2, 0) is 14.3 Å². The summed E-state index contributed by atoms with van der Waals surface area (Å²) in [5, 5.41) is 11.1. The molecule has 2 fully saturated rings. The Kier molecular flexibility index (Phi) is 7.16. The second kappa shape index (κ2) is 10.4. The molecule has 1 aromatic carbocycles. The zero-order valence-electron chi connectivity index (χ0n) is 18.4. The van der Waals surface area contributed by atoms with Gasteiger partial charge in [-0.15, -0.1) is 0 Å². The van der Waals surface area contributed by atoms with Gasteiger partial charge >= 0.3 is 0 Å². The predicted octanol–water partition coefficient (Wildman–Crippen LogP) is 2.40. The van der Waals surface area contributed by atoms with Gasteiger partial charge in [0.2, 0.25) is 0 Å². The fraction of sp³-hybridized carbons (Fsp3) is 0.320. The molecule has 33 heavy (non-hydrogen) atoms. The molecule has 0 aliphatic carbocycles. The van der Waals surface area contributed by atoms with Crippen LogP contribution in [0.1, 0.15) is 17.3 Å². The summed E-state index contributed by atoms with van der Waals surface area (Å²) < 4.78 is 10.9. The van der Waals surface area contributed by atoms with E-state index in [1.165, 1.54) is 4.90 Å². The Morgan fingerprint density at radius 2 is 1.91 bits per heavy atom. The van der Waals surface area contributed by atoms with Crippen molar-refractivity contribution in [1.82, 2.24) is 14.8 Å². The summed E-state index contributed by atoms with van der Waals surface area (Å²) in [7, 11) is 0. The molecule has 2 aromatic rings. The number of amides is 1. The Morgan fingerprint density at radius 1 is 1.15 bits per heavy atom. The Labute approximate surface area is 192 Å². The molecule has 1 aromatic heterocycles. The summed E-state index contributed by atoms with van der Waals surface area (Å²) in [5.74, 6) is -0.963. The van der Waals surface area contributed by atoms with Gasteiger partial charge in [-0.1, -0.05) is 18.7 Å². The average Bonchev–Trinajstić information content (AvgIpc) is 3.12. The predicted molar refractivity (Wildman–Crippen MR) is 123 cm³/mol. The fourth-order valence-corrected chi connectivity index (χ4v) is 4.05. The second-order valence-corrected chi connectivity index (χ2v) is 7.83. The Bertz CT molecular complexity index is 1030. The highest BCUT2D eigenvalue weighted by molar-refractivity contribution is 6.46. The van der Waals surface area contributed by atoms with E-state index in [1.807, 2.05) is 0 Å². The van der Waals surface area contributed by atoms with Crippen molar-refractivity contribution in [3.05, 3.63) is 78.1 Å². The summed E-state index contributed by atoms with van der Waals surface area (Å²) in [6, 6.07) is 11.3. The van der Waals surface area contributed by atoms with Gasteiger partial charge in [0.25, 0.3) is 11.7 Å². The number of nitrogens with zero attached hydrogens (tertiary/aromatic N) is 3. The SMILES string of the molecule is C=CCOc1ccc(C(O)=C2C(=O)C(=O)N(CCN3CCOCC3)[C@@H]2c2ccccn2)cc1. The number of likely N-dealkylation sites (tertiary alicyclic amines) is 1. The van der Waals surface area contributed by atoms with Crippen molar-refractivity contribution in [2.45, 2.75) is 6.04 Å². The number of aliphatic hydroxyl groups is 1. The molecule has 1 atom stereocenters. The Morgan fingerprint density at radius 3 is 2.58 bits per heavy atom. The van der Waals surface area contributed by atoms with E-state index < -0.39 is 17.7 Å². The van der Waals surface area contributed by atoms with E-state index >= 15 is 0 Å². The zero-order chi connectivity index (χ0) is 23.2. The molecule has 0 saturated carbocycles. The number of rotatable bonds is 8. The van der Waals surface area contributed by atoms with Gasteiger partial charge in [0, 0.05) is 37.9 Å². The molecule has 2 aliphatic rings. The number of ether oxygens (including phenoxy) is 2. The lowest BCUT2D eigenvalue weighted by Crippen LogP contribution is -2.42. The van der Waals surface area contributed by atoms with Crippen LogP contribution < -0.4 is 4.74 Å². The van der Waals surface area contributed by atoms with Crippen molar-refractivity contribution < 1.29 is 24.2 Å². The van der Waals surface area contributed by atoms with E-state index in [0.29, 0.717) is 49.9 Å². The summed E-state index contributed by atoms with van der Waals surface area (Å²) in [4.78, 5) is 34.2. The van der Waals surface area contributed by atoms with Crippen molar-refractivity contribution in [2.75, 3.05) is 46.0 Å². The standard InChI is InChI=1S/C25H27N3O5/c1-2-15-33-19-8-6-18(7-9-19)23(29)21-22(20-5-3-4-10-26-20)28(25(31)24(21)30)12-11-27-13-16-32-17-14-27/h2-10,22,29H,1,11-17H2/t22-/m1/s1. The third kappa shape index (κ3) is 4.97. The molecule has 2 saturated heterocycles. The fourth-order valence-electron chi connectivity index (χ4n) is 4.05. The number of carbonyl (C=O) groups excluding carboxylic acids is 2. The van der Waals surface area contributed by atoms with Crippen LogP contribution in [0.5, 0.6) is 5.75 Å². The topological polar surface area (TPSA) is 92.2 Å². The molecule has 1 amide bonds. The lowest BCUT2D eigenvalue weighted by Gasteiger charge is -2.30. The van der Waals surface area contributed by atoms with Crippen LogP contribution in [0.2, 0.25) is 0 Å². The quantitative estimate of drug-likeness (QED) is 0.286. The van der Waals surface area contributed by atoms with E-state index in [9.17, 15) is 14.7 Å². The number of aromatic nitrogens is 1. The average molecular weight is 450 g/mol. The van der Waals surface area contributed by atoms with Crippen LogP contribution >= 0.6 is 0 Å². The molecule has 2 aliphatic heterocycles. The summed E-state index contributed by atoms with van der Waals surface area (Å²) in [6.07, 6.45) is 3.25. The van der Waals surface area contributed by atoms with Crippen LogP contribution in [0.3, 0.4) is 0 Å². The minimum atomic E-state index is -0.760. The van der Waals surface area contributed by atoms with E-state index in [4.69, 9.17) is 9.47 Å². The monoisotopic (exact) mass is 449 g/mol. The van der Waals surface area contributed by atoms with Gasteiger partial charge in [0.1, 0.15) is 24.2 Å². The minimum absolute atomic E-state index is 0.0421. The maximum atomic E-state index is 13.1. The van der Waals surface area contributed by atoms with Crippen molar-refractivity contribution in [3.8, 4) is 5.75 Å². The second-order valence-electron chi connectivity index (χ2n) is 7.83. The van der Waals surface area contributed by atoms with Gasteiger partial charge < -0.3 is 19.5 Å². The van der Waals surface area contributed by atoms with Crippen molar-refractivity contribution in [1.29, 1.82) is 0 Å². The number of pyridine rings is 1. The molecular formula is C25H27N3O5. The van der Waals surface area contributed by atoms with Gasteiger partial charge in [-0.2, -0.15) is 0 Å². The first-order valence-electron chi connectivity index (χ1n) is 10.9. The third-order valence-corrected chi connectivity index (χ3v) is 5.76. The lowest BCUT2D eigenvalue weighted by atomic mass is 9.98. The summed E-state index contributed by atoms with van der Waals surface area (Å²) >= 11 is 0. The first-order valence-corrected chi connectivity index (χ1v) is 10.9. The van der Waals surface area contributed by atoms with Crippen LogP contribution in [0.25, 0.3) is 5.76 Å². The number of carbonyl (C=O) groups is 2. The highest BCUT2D eigenvalue weighted by Crippen LogP contribution is 2.38. The molecule has 0 unspecified atom stereocenters. The van der Waals surface area contributed by atoms with E-state index in [-0.39, 0.29) is 11.3 Å². The van der Waals surface area contributed by atoms with Crippen LogP contribution in [0.15, 0.2) is 66.9 Å². The normalized spacial score (nSPS) is 20.7. The smallest absolute Gasteiger partial charge is 0.295 e. The molecule has 4 rings (SSSR count). The Balaban J connectivity index is 1.66. The van der Waals surface area contributed by atoms with Gasteiger partial charge in [-0.3, -0.25) is 19.5 Å². The Hall–Kier alpha value is -3.49. The summed E-state index contributed by atoms with van der Waals surface area (Å²) in [6.45, 7) is 7.78. The lowest BCUT2D eigenvalue weighted by molar-refractivity contribution is -0.140. The van der Waals surface area contributed by atoms with E-state index in [2.05, 4.69) is 16.5 Å². The van der Waals surface area contributed by atoms with Crippen LogP contribution in [0.4, 0.5) is 0 Å².